The molecule has 0 radical (unpaired) electrons. The van der Waals surface area contributed by atoms with Crippen molar-refractivity contribution < 1.29 is 0 Å². The van der Waals surface area contributed by atoms with Crippen molar-refractivity contribution in [3.05, 3.63) is 41.6 Å². The van der Waals surface area contributed by atoms with Crippen LogP contribution in [0, 0.1) is 11.3 Å². The number of H-pyrrole nitrogens is 1. The summed E-state index contributed by atoms with van der Waals surface area (Å²) in [7, 11) is 0. The lowest BCUT2D eigenvalue weighted by atomic mass is 10.1. The fourth-order valence-corrected chi connectivity index (χ4v) is 1.87. The van der Waals surface area contributed by atoms with Gasteiger partial charge < -0.3 is 11.1 Å². The van der Waals surface area contributed by atoms with Crippen molar-refractivity contribution in [1.82, 2.24) is 20.2 Å². The Labute approximate surface area is 114 Å². The molecule has 0 atom stereocenters. The van der Waals surface area contributed by atoms with Gasteiger partial charge in [0, 0.05) is 6.54 Å². The maximum atomic E-state index is 8.75. The van der Waals surface area contributed by atoms with Crippen LogP contribution in [0.2, 0.25) is 0 Å². The smallest absolute Gasteiger partial charge is 0.224 e. The summed E-state index contributed by atoms with van der Waals surface area (Å²) in [4.78, 5) is 8.21. The Morgan fingerprint density at radius 2 is 2.05 bits per heavy atom. The molecule has 4 N–H and O–H groups in total. The highest BCUT2D eigenvalue weighted by atomic mass is 15.2. The van der Waals surface area contributed by atoms with E-state index in [0.29, 0.717) is 23.6 Å². The Morgan fingerprint density at radius 1 is 1.25 bits per heavy atom. The van der Waals surface area contributed by atoms with E-state index >= 15 is 0 Å². The lowest BCUT2D eigenvalue weighted by Gasteiger charge is -2.07. The normalized spacial score (nSPS) is 10.3. The Morgan fingerprint density at radius 3 is 2.80 bits per heavy atom. The summed E-state index contributed by atoms with van der Waals surface area (Å²) in [5.74, 6) is 0.815. The van der Waals surface area contributed by atoms with Crippen LogP contribution in [0.4, 0.5) is 11.8 Å². The molecule has 0 spiro atoms. The maximum absolute atomic E-state index is 8.75. The second kappa shape index (κ2) is 4.85. The Bertz CT molecular complexity index is 783. The van der Waals surface area contributed by atoms with Crippen LogP contribution in [0.1, 0.15) is 11.1 Å². The number of anilines is 2. The van der Waals surface area contributed by atoms with Gasteiger partial charge in [0.1, 0.15) is 5.82 Å². The van der Waals surface area contributed by atoms with Crippen molar-refractivity contribution in [1.29, 1.82) is 5.26 Å². The molecule has 0 bridgehead atoms. The Balaban J connectivity index is 1.82. The number of rotatable bonds is 3. The molecule has 20 heavy (non-hydrogen) atoms. The molecule has 2 aromatic heterocycles. The highest BCUT2D eigenvalue weighted by Crippen LogP contribution is 2.19. The first-order valence-corrected chi connectivity index (χ1v) is 5.96. The zero-order chi connectivity index (χ0) is 13.9. The molecule has 3 rings (SSSR count). The molecule has 0 saturated heterocycles. The fraction of sp³-hybridized carbons (Fsp3) is 0.0769. The molecule has 7 nitrogen and oxygen atoms in total. The number of nitrogens with zero attached hydrogens (tertiary/aromatic N) is 4. The highest BCUT2D eigenvalue weighted by Gasteiger charge is 2.07. The van der Waals surface area contributed by atoms with Crippen LogP contribution in [-0.2, 0) is 6.54 Å². The summed E-state index contributed by atoms with van der Waals surface area (Å²) in [6, 6.07) is 9.42. The lowest BCUT2D eigenvalue weighted by molar-refractivity contribution is 1.08. The second-order valence-electron chi connectivity index (χ2n) is 4.22. The summed E-state index contributed by atoms with van der Waals surface area (Å²) in [5.41, 5.74) is 7.92. The van der Waals surface area contributed by atoms with Gasteiger partial charge in [0.25, 0.3) is 0 Å². The third-order valence-corrected chi connectivity index (χ3v) is 2.87. The summed E-state index contributed by atoms with van der Waals surface area (Å²) in [6.07, 6.45) is 1.65. The number of aromatic nitrogens is 4. The number of nitrogens with two attached hydrogens (primary N) is 1. The molecule has 7 heteroatoms. The van der Waals surface area contributed by atoms with E-state index in [-0.39, 0.29) is 5.95 Å². The number of nitrogens with one attached hydrogen (secondary N) is 2. The molecule has 0 fully saturated rings. The first-order valence-electron chi connectivity index (χ1n) is 5.96. The zero-order valence-corrected chi connectivity index (χ0v) is 10.5. The largest absolute Gasteiger partial charge is 0.368 e. The minimum atomic E-state index is 0.184. The molecule has 2 heterocycles. The van der Waals surface area contributed by atoms with Crippen molar-refractivity contribution in [2.75, 3.05) is 11.1 Å². The third kappa shape index (κ3) is 2.22. The molecule has 1 aromatic carbocycles. The van der Waals surface area contributed by atoms with Crippen LogP contribution in [0.3, 0.4) is 0 Å². The number of hydrogen-bond acceptors (Lipinski definition) is 6. The van der Waals surface area contributed by atoms with Crippen LogP contribution in [0.15, 0.2) is 30.5 Å². The minimum Gasteiger partial charge on any atom is -0.368 e. The molecule has 0 aliphatic rings. The second-order valence-corrected chi connectivity index (χ2v) is 4.22. The zero-order valence-electron chi connectivity index (χ0n) is 10.5. The molecule has 0 aliphatic heterocycles. The number of fused-ring (bicyclic) bond motifs is 1. The van der Waals surface area contributed by atoms with E-state index < -0.39 is 0 Å². The van der Waals surface area contributed by atoms with Crippen LogP contribution < -0.4 is 11.1 Å². The standard InChI is InChI=1S/C13H11N7/c14-5-8-1-3-9(4-2-8)6-16-11-10-7-17-20-12(10)19-13(15)18-11/h1-4,7H,6H2,(H4,15,16,17,18,19,20). The van der Waals surface area contributed by atoms with Gasteiger partial charge in [0.2, 0.25) is 5.95 Å². The number of nitriles is 1. The van der Waals surface area contributed by atoms with Gasteiger partial charge >= 0.3 is 0 Å². The van der Waals surface area contributed by atoms with Crippen molar-refractivity contribution in [3.8, 4) is 6.07 Å². The average Bonchev–Trinajstić information content (AvgIpc) is 2.93. The van der Waals surface area contributed by atoms with E-state index in [4.69, 9.17) is 11.0 Å². The summed E-state index contributed by atoms with van der Waals surface area (Å²) in [6.45, 7) is 0.572. The van der Waals surface area contributed by atoms with Gasteiger partial charge in [-0.2, -0.15) is 20.3 Å². The van der Waals surface area contributed by atoms with E-state index in [1.165, 1.54) is 0 Å². The van der Waals surface area contributed by atoms with Gasteiger partial charge in [0.15, 0.2) is 5.65 Å². The monoisotopic (exact) mass is 265 g/mol. The predicted molar refractivity (Wildman–Crippen MR) is 74.6 cm³/mol. The fourth-order valence-electron chi connectivity index (χ4n) is 1.87. The van der Waals surface area contributed by atoms with Gasteiger partial charge in [-0.05, 0) is 17.7 Å². The molecule has 0 amide bonds. The Hall–Kier alpha value is -3.14. The molecular weight excluding hydrogens is 254 g/mol. The molecule has 0 aliphatic carbocycles. The van der Waals surface area contributed by atoms with Crippen LogP contribution >= 0.6 is 0 Å². The highest BCUT2D eigenvalue weighted by molar-refractivity contribution is 5.86. The van der Waals surface area contributed by atoms with Crippen LogP contribution in [0.25, 0.3) is 11.0 Å². The van der Waals surface area contributed by atoms with Crippen LogP contribution in [0.5, 0.6) is 0 Å². The van der Waals surface area contributed by atoms with Crippen molar-refractivity contribution >= 4 is 22.8 Å². The van der Waals surface area contributed by atoms with Gasteiger partial charge in [-0.15, -0.1) is 0 Å². The summed E-state index contributed by atoms with van der Waals surface area (Å²) in [5, 5.41) is 19.4. The van der Waals surface area contributed by atoms with Crippen molar-refractivity contribution in [2.45, 2.75) is 6.54 Å². The average molecular weight is 265 g/mol. The number of aromatic amines is 1. The van der Waals surface area contributed by atoms with E-state index in [9.17, 15) is 0 Å². The number of nitrogen functional groups attached to an aromatic ring is 1. The van der Waals surface area contributed by atoms with Crippen molar-refractivity contribution in [3.63, 3.8) is 0 Å². The molecule has 0 unspecified atom stereocenters. The maximum Gasteiger partial charge on any atom is 0.224 e. The molecule has 3 aromatic rings. The summed E-state index contributed by atoms with van der Waals surface area (Å²) >= 11 is 0. The molecule has 98 valence electrons. The first-order chi connectivity index (χ1) is 9.76. The topological polar surface area (TPSA) is 116 Å². The first kappa shape index (κ1) is 11.9. The molecule has 0 saturated carbocycles. The quantitative estimate of drug-likeness (QED) is 0.659. The Kier molecular flexibility index (Phi) is 2.89. The van der Waals surface area contributed by atoms with Gasteiger partial charge in [-0.1, -0.05) is 12.1 Å². The van der Waals surface area contributed by atoms with Crippen molar-refractivity contribution in [2.24, 2.45) is 0 Å². The van der Waals surface area contributed by atoms with Gasteiger partial charge in [-0.3, -0.25) is 5.10 Å². The van der Waals surface area contributed by atoms with Gasteiger partial charge in [-0.25, -0.2) is 0 Å². The van der Waals surface area contributed by atoms with E-state index in [2.05, 4.69) is 31.6 Å². The predicted octanol–water partition coefficient (Wildman–Crippen LogP) is 1.42. The number of benzene rings is 1. The van der Waals surface area contributed by atoms with E-state index in [1.54, 1.807) is 18.3 Å². The van der Waals surface area contributed by atoms with E-state index in [0.717, 1.165) is 10.9 Å². The van der Waals surface area contributed by atoms with E-state index in [1.807, 2.05) is 12.1 Å². The van der Waals surface area contributed by atoms with Gasteiger partial charge in [0.05, 0.1) is 23.2 Å². The van der Waals surface area contributed by atoms with Crippen LogP contribution in [-0.4, -0.2) is 20.2 Å². The SMILES string of the molecule is N#Cc1ccc(CNc2nc(N)nc3[nH]ncc23)cc1. The number of hydrogen-bond donors (Lipinski definition) is 3. The lowest BCUT2D eigenvalue weighted by Crippen LogP contribution is -2.05. The minimum absolute atomic E-state index is 0.184. The summed E-state index contributed by atoms with van der Waals surface area (Å²) < 4.78 is 0. The molecular formula is C13H11N7. The third-order valence-electron chi connectivity index (χ3n) is 2.87.